The van der Waals surface area contributed by atoms with Gasteiger partial charge in [-0.25, -0.2) is 10.8 Å². The van der Waals surface area contributed by atoms with Crippen molar-refractivity contribution < 1.29 is 4.92 Å². The lowest BCUT2D eigenvalue weighted by Gasteiger charge is -2.38. The molecule has 7 nitrogen and oxygen atoms in total. The molecule has 1 aliphatic rings. The van der Waals surface area contributed by atoms with E-state index in [1.54, 1.807) is 0 Å². The zero-order valence-electron chi connectivity index (χ0n) is 10.9. The molecule has 2 rings (SSSR count). The summed E-state index contributed by atoms with van der Waals surface area (Å²) in [5.41, 5.74) is 2.38. The summed E-state index contributed by atoms with van der Waals surface area (Å²) < 4.78 is 0. The van der Waals surface area contributed by atoms with Crippen LogP contribution in [0, 0.1) is 10.1 Å². The van der Waals surface area contributed by atoms with Gasteiger partial charge in [0.05, 0.1) is 17.1 Å². The summed E-state index contributed by atoms with van der Waals surface area (Å²) >= 11 is 1.90. The topological polar surface area (TPSA) is 97.3 Å². The fourth-order valence-electron chi connectivity index (χ4n) is 2.08. The molecule has 3 N–H and O–H groups in total. The molecule has 1 aliphatic heterocycles. The zero-order valence-corrected chi connectivity index (χ0v) is 11.7. The Hall–Kier alpha value is -1.54. The van der Waals surface area contributed by atoms with Crippen molar-refractivity contribution in [3.63, 3.8) is 0 Å². The Kier molecular flexibility index (Phi) is 4.11. The maximum Gasteiger partial charge on any atom is 0.276 e. The van der Waals surface area contributed by atoms with Crippen molar-refractivity contribution in [1.29, 1.82) is 0 Å². The lowest BCUT2D eigenvalue weighted by Crippen LogP contribution is -2.45. The maximum absolute atomic E-state index is 10.9. The number of thioether (sulfide) groups is 1. The van der Waals surface area contributed by atoms with Crippen molar-refractivity contribution in [2.45, 2.75) is 25.1 Å². The summed E-state index contributed by atoms with van der Waals surface area (Å²) in [5.74, 6) is 7.22. The van der Waals surface area contributed by atoms with Crippen molar-refractivity contribution >= 4 is 29.1 Å². The highest BCUT2D eigenvalue weighted by atomic mass is 32.2. The second kappa shape index (κ2) is 5.62. The van der Waals surface area contributed by atoms with Gasteiger partial charge in [-0.2, -0.15) is 11.8 Å². The van der Waals surface area contributed by atoms with E-state index in [1.807, 2.05) is 11.8 Å². The van der Waals surface area contributed by atoms with E-state index in [0.29, 0.717) is 16.9 Å². The number of nitrogens with one attached hydrogen (secondary N) is 1. The Bertz CT molecular complexity index is 484. The molecule has 2 heterocycles. The molecule has 8 heteroatoms. The average Bonchev–Trinajstić information content (AvgIpc) is 2.41. The first-order valence-corrected chi connectivity index (χ1v) is 7.09. The third-order valence-electron chi connectivity index (χ3n) is 3.33. The molecule has 0 spiro atoms. The van der Waals surface area contributed by atoms with Crippen LogP contribution in [0.15, 0.2) is 12.1 Å². The Morgan fingerprint density at radius 3 is 2.95 bits per heavy atom. The maximum atomic E-state index is 10.9. The quantitative estimate of drug-likeness (QED) is 0.494. The lowest BCUT2D eigenvalue weighted by molar-refractivity contribution is -0.384. The van der Waals surface area contributed by atoms with E-state index < -0.39 is 4.92 Å². The van der Waals surface area contributed by atoms with E-state index >= 15 is 0 Å². The number of hydrazine groups is 1. The van der Waals surface area contributed by atoms with Gasteiger partial charge in [-0.05, 0) is 6.92 Å². The Balaban J connectivity index is 2.37. The summed E-state index contributed by atoms with van der Waals surface area (Å²) in [6.45, 7) is 5.09. The first kappa shape index (κ1) is 13.9. The first-order valence-electron chi connectivity index (χ1n) is 6.04. The minimum Gasteiger partial charge on any atom is -0.352 e. The Morgan fingerprint density at radius 2 is 2.32 bits per heavy atom. The van der Waals surface area contributed by atoms with Crippen molar-refractivity contribution in [3.8, 4) is 0 Å². The SMILES string of the molecule is CC1SCCN(c2cc([N+](=O)[O-])cc(NN)n2)C1C. The monoisotopic (exact) mass is 283 g/mol. The number of hydrogen-bond donors (Lipinski definition) is 2. The Morgan fingerprint density at radius 1 is 1.58 bits per heavy atom. The van der Waals surface area contributed by atoms with Gasteiger partial charge < -0.3 is 10.3 Å². The van der Waals surface area contributed by atoms with Crippen LogP contribution in [0.2, 0.25) is 0 Å². The second-order valence-corrected chi connectivity index (χ2v) is 5.97. The fraction of sp³-hybridized carbons (Fsp3) is 0.545. The van der Waals surface area contributed by atoms with Crippen molar-refractivity contribution in [3.05, 3.63) is 22.2 Å². The summed E-state index contributed by atoms with van der Waals surface area (Å²) in [7, 11) is 0. The van der Waals surface area contributed by atoms with Crippen LogP contribution in [-0.2, 0) is 0 Å². The number of anilines is 2. The van der Waals surface area contributed by atoms with E-state index in [-0.39, 0.29) is 11.7 Å². The summed E-state index contributed by atoms with van der Waals surface area (Å²) in [6, 6.07) is 3.11. The van der Waals surface area contributed by atoms with Crippen LogP contribution in [-0.4, -0.2) is 33.5 Å². The smallest absolute Gasteiger partial charge is 0.276 e. The number of aromatic nitrogens is 1. The molecule has 0 amide bonds. The Labute approximate surface area is 115 Å². The molecule has 0 bridgehead atoms. The number of rotatable bonds is 3. The van der Waals surface area contributed by atoms with Gasteiger partial charge in [-0.15, -0.1) is 0 Å². The van der Waals surface area contributed by atoms with Crippen LogP contribution in [0.4, 0.5) is 17.3 Å². The predicted octanol–water partition coefficient (Wildman–Crippen LogP) is 1.61. The first-order chi connectivity index (χ1) is 9.02. The van der Waals surface area contributed by atoms with Crippen LogP contribution in [0.5, 0.6) is 0 Å². The molecule has 1 aromatic rings. The van der Waals surface area contributed by atoms with Gasteiger partial charge in [0, 0.05) is 23.6 Å². The van der Waals surface area contributed by atoms with E-state index in [2.05, 4.69) is 29.2 Å². The number of pyridine rings is 1. The normalized spacial score (nSPS) is 23.2. The molecule has 0 radical (unpaired) electrons. The highest BCUT2D eigenvalue weighted by Gasteiger charge is 2.27. The predicted molar refractivity (Wildman–Crippen MR) is 77.4 cm³/mol. The van der Waals surface area contributed by atoms with Crippen molar-refractivity contribution in [2.75, 3.05) is 22.6 Å². The molecule has 1 fully saturated rings. The molecular weight excluding hydrogens is 266 g/mol. The third kappa shape index (κ3) is 2.90. The molecule has 0 saturated carbocycles. The summed E-state index contributed by atoms with van der Waals surface area (Å²) in [4.78, 5) is 16.9. The minimum absolute atomic E-state index is 0.00368. The van der Waals surface area contributed by atoms with Gasteiger partial charge in [0.1, 0.15) is 11.6 Å². The van der Waals surface area contributed by atoms with E-state index in [9.17, 15) is 10.1 Å². The number of nitro groups is 1. The van der Waals surface area contributed by atoms with Crippen LogP contribution in [0.3, 0.4) is 0 Å². The van der Waals surface area contributed by atoms with E-state index in [4.69, 9.17) is 5.84 Å². The molecule has 1 saturated heterocycles. The highest BCUT2D eigenvalue weighted by Crippen LogP contribution is 2.30. The van der Waals surface area contributed by atoms with Crippen LogP contribution in [0.1, 0.15) is 13.8 Å². The summed E-state index contributed by atoms with van der Waals surface area (Å²) in [6.07, 6.45) is 0. The zero-order chi connectivity index (χ0) is 14.0. The number of nitrogen functional groups attached to an aromatic ring is 1. The van der Waals surface area contributed by atoms with Crippen LogP contribution < -0.4 is 16.2 Å². The van der Waals surface area contributed by atoms with E-state index in [0.717, 1.165) is 12.3 Å². The minimum atomic E-state index is -0.432. The fourth-order valence-corrected chi connectivity index (χ4v) is 3.18. The van der Waals surface area contributed by atoms with Gasteiger partial charge in [0.15, 0.2) is 0 Å². The average molecular weight is 283 g/mol. The second-order valence-electron chi connectivity index (χ2n) is 4.48. The standard InChI is InChI=1S/C11H17N5O2S/c1-7-8(2)19-4-3-15(7)11-6-9(16(17)18)5-10(13-11)14-12/h5-8H,3-4,12H2,1-2H3,(H,13,14). The molecule has 0 aliphatic carbocycles. The molecule has 2 atom stereocenters. The van der Waals surface area contributed by atoms with Gasteiger partial charge >= 0.3 is 0 Å². The molecule has 0 aromatic carbocycles. The van der Waals surface area contributed by atoms with Crippen LogP contribution in [0.25, 0.3) is 0 Å². The lowest BCUT2D eigenvalue weighted by atomic mass is 10.2. The van der Waals surface area contributed by atoms with Gasteiger partial charge in [0.2, 0.25) is 0 Å². The van der Waals surface area contributed by atoms with Crippen molar-refractivity contribution in [1.82, 2.24) is 4.98 Å². The third-order valence-corrected chi connectivity index (χ3v) is 4.67. The molecule has 2 unspecified atom stereocenters. The molecule has 104 valence electrons. The largest absolute Gasteiger partial charge is 0.352 e. The van der Waals surface area contributed by atoms with Crippen LogP contribution >= 0.6 is 11.8 Å². The number of nitrogens with zero attached hydrogens (tertiary/aromatic N) is 3. The van der Waals surface area contributed by atoms with Gasteiger partial charge in [-0.3, -0.25) is 10.1 Å². The number of hydrogen-bond acceptors (Lipinski definition) is 7. The molecule has 19 heavy (non-hydrogen) atoms. The number of nitrogens with two attached hydrogens (primary N) is 1. The highest BCUT2D eigenvalue weighted by molar-refractivity contribution is 8.00. The van der Waals surface area contributed by atoms with Gasteiger partial charge in [0.25, 0.3) is 5.69 Å². The van der Waals surface area contributed by atoms with Gasteiger partial charge in [-0.1, -0.05) is 6.92 Å². The molecular formula is C11H17N5O2S. The summed E-state index contributed by atoms with van der Waals surface area (Å²) in [5, 5.41) is 11.4. The van der Waals surface area contributed by atoms with Crippen molar-refractivity contribution in [2.24, 2.45) is 5.84 Å². The van der Waals surface area contributed by atoms with E-state index in [1.165, 1.54) is 12.1 Å². The molecule has 1 aromatic heterocycles.